The number of hydrogen-bond acceptors (Lipinski definition) is 2. The Labute approximate surface area is 123 Å². The van der Waals surface area contributed by atoms with Gasteiger partial charge in [-0.05, 0) is 30.4 Å². The summed E-state index contributed by atoms with van der Waals surface area (Å²) in [5.74, 6) is 0.684. The summed E-state index contributed by atoms with van der Waals surface area (Å²) < 4.78 is 2.61. The van der Waals surface area contributed by atoms with Crippen LogP contribution in [-0.4, -0.2) is 14.9 Å². The van der Waals surface area contributed by atoms with E-state index < -0.39 is 0 Å². The van der Waals surface area contributed by atoms with E-state index in [9.17, 15) is 0 Å². The molecule has 0 aliphatic carbocycles. The monoisotopic (exact) mass is 344 g/mol. The molecule has 0 amide bonds. The van der Waals surface area contributed by atoms with Gasteiger partial charge in [-0.3, -0.25) is 4.68 Å². The number of aryl methyl sites for hydroxylation is 1. The molecule has 1 heterocycles. The van der Waals surface area contributed by atoms with E-state index in [1.807, 2.05) is 31.4 Å². The molecule has 0 radical (unpaired) electrons. The number of thiocarbonyl (C=S) groups is 1. The van der Waals surface area contributed by atoms with Crippen molar-refractivity contribution < 1.29 is 0 Å². The Bertz CT molecular complexity index is 584. The van der Waals surface area contributed by atoms with Gasteiger partial charge >= 0.3 is 0 Å². The molecule has 1 aromatic heterocycles. The SMILES string of the molecule is Cn1ccc(NC(=S)Nc2ccc(Br)cc2Cl)n1. The first-order valence-corrected chi connectivity index (χ1v) is 6.65. The average molecular weight is 346 g/mol. The molecule has 2 N–H and O–H groups in total. The molecular formula is C11H10BrClN4S. The smallest absolute Gasteiger partial charge is 0.176 e. The molecule has 0 saturated heterocycles. The van der Waals surface area contributed by atoms with E-state index in [0.717, 1.165) is 10.2 Å². The summed E-state index contributed by atoms with van der Waals surface area (Å²) in [7, 11) is 1.84. The Morgan fingerprint density at radius 3 is 2.78 bits per heavy atom. The van der Waals surface area contributed by atoms with Gasteiger partial charge in [-0.25, -0.2) is 0 Å². The van der Waals surface area contributed by atoms with Crippen LogP contribution in [0.15, 0.2) is 34.9 Å². The number of nitrogens with zero attached hydrogens (tertiary/aromatic N) is 2. The van der Waals surface area contributed by atoms with Gasteiger partial charge in [0.15, 0.2) is 10.9 Å². The summed E-state index contributed by atoms with van der Waals surface area (Å²) in [6, 6.07) is 7.36. The Balaban J connectivity index is 2.03. The van der Waals surface area contributed by atoms with E-state index in [1.54, 1.807) is 10.7 Å². The minimum Gasteiger partial charge on any atom is -0.331 e. The van der Waals surface area contributed by atoms with Crippen LogP contribution in [0.2, 0.25) is 5.02 Å². The van der Waals surface area contributed by atoms with Crippen molar-refractivity contribution >= 4 is 56.4 Å². The van der Waals surface area contributed by atoms with Crippen LogP contribution in [0, 0.1) is 0 Å². The fourth-order valence-corrected chi connectivity index (χ4v) is 2.28. The van der Waals surface area contributed by atoms with Gasteiger partial charge in [0.1, 0.15) is 0 Å². The number of aromatic nitrogens is 2. The van der Waals surface area contributed by atoms with Crippen LogP contribution in [0.1, 0.15) is 0 Å². The lowest BCUT2D eigenvalue weighted by molar-refractivity contribution is 0.772. The number of nitrogens with one attached hydrogen (secondary N) is 2. The average Bonchev–Trinajstić information content (AvgIpc) is 2.68. The molecular weight excluding hydrogens is 336 g/mol. The zero-order valence-corrected chi connectivity index (χ0v) is 12.6. The molecule has 0 aliphatic heterocycles. The second kappa shape index (κ2) is 5.69. The topological polar surface area (TPSA) is 41.9 Å². The normalized spacial score (nSPS) is 10.2. The number of benzene rings is 1. The van der Waals surface area contributed by atoms with Crippen LogP contribution < -0.4 is 10.6 Å². The van der Waals surface area contributed by atoms with Gasteiger partial charge in [0.2, 0.25) is 0 Å². The van der Waals surface area contributed by atoms with Crippen LogP contribution in [0.4, 0.5) is 11.5 Å². The lowest BCUT2D eigenvalue weighted by Crippen LogP contribution is -2.19. The largest absolute Gasteiger partial charge is 0.331 e. The molecule has 0 unspecified atom stereocenters. The van der Waals surface area contributed by atoms with Gasteiger partial charge in [-0.15, -0.1) is 0 Å². The highest BCUT2D eigenvalue weighted by molar-refractivity contribution is 9.10. The van der Waals surface area contributed by atoms with Crippen molar-refractivity contribution in [1.82, 2.24) is 9.78 Å². The summed E-state index contributed by atoms with van der Waals surface area (Å²) >= 11 is 14.6. The molecule has 7 heteroatoms. The summed E-state index contributed by atoms with van der Waals surface area (Å²) in [4.78, 5) is 0. The first-order chi connectivity index (χ1) is 8.54. The molecule has 1 aromatic carbocycles. The van der Waals surface area contributed by atoms with E-state index >= 15 is 0 Å². The summed E-state index contributed by atoms with van der Waals surface area (Å²) in [5.41, 5.74) is 0.744. The maximum absolute atomic E-state index is 6.08. The van der Waals surface area contributed by atoms with Crippen LogP contribution >= 0.6 is 39.7 Å². The van der Waals surface area contributed by atoms with E-state index in [4.69, 9.17) is 23.8 Å². The number of hydrogen-bond donors (Lipinski definition) is 2. The summed E-state index contributed by atoms with van der Waals surface area (Å²) in [6.45, 7) is 0. The van der Waals surface area contributed by atoms with E-state index in [0.29, 0.717) is 16.0 Å². The minimum atomic E-state index is 0.443. The number of halogens is 2. The standard InChI is InChI=1S/C11H10BrClN4S/c1-17-5-4-10(16-17)15-11(18)14-9-3-2-7(12)6-8(9)13/h2-6H,1H3,(H2,14,15,16,18). The van der Waals surface area contributed by atoms with Crippen LogP contribution in [-0.2, 0) is 7.05 Å². The fourth-order valence-electron chi connectivity index (χ4n) is 1.34. The predicted molar refractivity (Wildman–Crippen MR) is 82.2 cm³/mol. The molecule has 0 fully saturated rings. The summed E-state index contributed by atoms with van der Waals surface area (Å²) in [6.07, 6.45) is 1.83. The Kier molecular flexibility index (Phi) is 4.21. The van der Waals surface area contributed by atoms with Crippen molar-refractivity contribution in [3.8, 4) is 0 Å². The second-order valence-corrected chi connectivity index (χ2v) is 5.31. The van der Waals surface area contributed by atoms with E-state index in [-0.39, 0.29) is 0 Å². The third kappa shape index (κ3) is 3.44. The van der Waals surface area contributed by atoms with Gasteiger partial charge in [-0.1, -0.05) is 27.5 Å². The second-order valence-electron chi connectivity index (χ2n) is 3.58. The zero-order valence-electron chi connectivity index (χ0n) is 9.45. The lowest BCUT2D eigenvalue weighted by Gasteiger charge is -2.10. The first kappa shape index (κ1) is 13.3. The van der Waals surface area contributed by atoms with Crippen LogP contribution in [0.3, 0.4) is 0 Å². The first-order valence-electron chi connectivity index (χ1n) is 5.07. The molecule has 0 saturated carbocycles. The van der Waals surface area contributed by atoms with Gasteiger partial charge in [0.25, 0.3) is 0 Å². The van der Waals surface area contributed by atoms with Crippen molar-refractivity contribution in [2.24, 2.45) is 7.05 Å². The highest BCUT2D eigenvalue weighted by Gasteiger charge is 2.04. The van der Waals surface area contributed by atoms with Gasteiger partial charge in [0.05, 0.1) is 10.7 Å². The van der Waals surface area contributed by atoms with E-state index in [2.05, 4.69) is 31.7 Å². The molecule has 4 nitrogen and oxygen atoms in total. The molecule has 0 aliphatic rings. The number of rotatable bonds is 2. The molecule has 2 rings (SSSR count). The van der Waals surface area contributed by atoms with E-state index in [1.165, 1.54) is 0 Å². The van der Waals surface area contributed by atoms with Crippen molar-refractivity contribution in [2.75, 3.05) is 10.6 Å². The van der Waals surface area contributed by atoms with Crippen LogP contribution in [0.5, 0.6) is 0 Å². The lowest BCUT2D eigenvalue weighted by atomic mass is 10.3. The Morgan fingerprint density at radius 1 is 1.39 bits per heavy atom. The Morgan fingerprint density at radius 2 is 2.17 bits per heavy atom. The van der Waals surface area contributed by atoms with Gasteiger partial charge in [0, 0.05) is 23.8 Å². The molecule has 18 heavy (non-hydrogen) atoms. The third-order valence-corrected chi connectivity index (χ3v) is 3.14. The molecule has 0 spiro atoms. The molecule has 0 bridgehead atoms. The third-order valence-electron chi connectivity index (χ3n) is 2.13. The van der Waals surface area contributed by atoms with Crippen molar-refractivity contribution in [3.05, 3.63) is 40.0 Å². The Hall–Kier alpha value is -1.11. The molecule has 94 valence electrons. The quantitative estimate of drug-likeness (QED) is 0.815. The number of anilines is 2. The maximum Gasteiger partial charge on any atom is 0.176 e. The van der Waals surface area contributed by atoms with Crippen molar-refractivity contribution in [3.63, 3.8) is 0 Å². The minimum absolute atomic E-state index is 0.443. The van der Waals surface area contributed by atoms with Crippen molar-refractivity contribution in [1.29, 1.82) is 0 Å². The molecule has 2 aromatic rings. The highest BCUT2D eigenvalue weighted by Crippen LogP contribution is 2.25. The van der Waals surface area contributed by atoms with Gasteiger partial charge in [-0.2, -0.15) is 5.10 Å². The van der Waals surface area contributed by atoms with Gasteiger partial charge < -0.3 is 10.6 Å². The zero-order chi connectivity index (χ0) is 13.1. The fraction of sp³-hybridized carbons (Fsp3) is 0.0909. The maximum atomic E-state index is 6.08. The molecule has 0 atom stereocenters. The predicted octanol–water partition coefficient (Wildman–Crippen LogP) is 3.64. The van der Waals surface area contributed by atoms with Crippen molar-refractivity contribution in [2.45, 2.75) is 0 Å². The summed E-state index contributed by atoms with van der Waals surface area (Å²) in [5, 5.41) is 11.2. The van der Waals surface area contributed by atoms with Crippen LogP contribution in [0.25, 0.3) is 0 Å². The highest BCUT2D eigenvalue weighted by atomic mass is 79.9.